The molecule has 1 aromatic rings. The first-order valence-electron chi connectivity index (χ1n) is 5.68. The Labute approximate surface area is 102 Å². The van der Waals surface area contributed by atoms with E-state index in [0.29, 0.717) is 5.75 Å². The van der Waals surface area contributed by atoms with Crippen LogP contribution in [0.2, 0.25) is 0 Å². The van der Waals surface area contributed by atoms with Gasteiger partial charge >= 0.3 is 0 Å². The van der Waals surface area contributed by atoms with Crippen molar-refractivity contribution in [1.82, 2.24) is 0 Å². The quantitative estimate of drug-likeness (QED) is 0.762. The van der Waals surface area contributed by atoms with Crippen molar-refractivity contribution in [2.24, 2.45) is 0 Å². The molecule has 1 rings (SSSR count). The van der Waals surface area contributed by atoms with Crippen molar-refractivity contribution in [3.8, 4) is 5.75 Å². The number of hydrogen-bond acceptors (Lipinski definition) is 3. The maximum Gasteiger partial charge on any atom is 0.268 e. The van der Waals surface area contributed by atoms with Gasteiger partial charge in [0, 0.05) is 0 Å². The van der Waals surface area contributed by atoms with Crippen molar-refractivity contribution in [3.05, 3.63) is 29.8 Å². The number of aryl methyl sites for hydroxylation is 1. The summed E-state index contributed by atoms with van der Waals surface area (Å²) in [4.78, 5) is 0. The Balaban J connectivity index is 2.40. The summed E-state index contributed by atoms with van der Waals surface area (Å²) in [6.45, 7) is 2.11. The van der Waals surface area contributed by atoms with Crippen LogP contribution in [0.3, 0.4) is 0 Å². The predicted molar refractivity (Wildman–Crippen MR) is 67.0 cm³/mol. The highest BCUT2D eigenvalue weighted by Gasteiger charge is 2.04. The van der Waals surface area contributed by atoms with Gasteiger partial charge in [0.1, 0.15) is 18.1 Å². The third kappa shape index (κ3) is 6.28. The smallest absolute Gasteiger partial charge is 0.268 e. The van der Waals surface area contributed by atoms with Gasteiger partial charge in [0.15, 0.2) is 0 Å². The van der Waals surface area contributed by atoms with Gasteiger partial charge in [-0.25, -0.2) is 0 Å². The van der Waals surface area contributed by atoms with Crippen LogP contribution < -0.4 is 4.74 Å². The molecule has 0 bridgehead atoms. The Morgan fingerprint density at radius 2 is 1.88 bits per heavy atom. The highest BCUT2D eigenvalue weighted by molar-refractivity contribution is 7.85. The van der Waals surface area contributed by atoms with Gasteiger partial charge in [0.05, 0.1) is 0 Å². The Bertz CT molecular complexity index is 422. The molecule has 1 aromatic carbocycles. The van der Waals surface area contributed by atoms with Crippen LogP contribution in [0, 0.1) is 0 Å². The van der Waals surface area contributed by atoms with E-state index >= 15 is 0 Å². The van der Waals surface area contributed by atoms with Gasteiger partial charge in [-0.2, -0.15) is 8.42 Å². The van der Waals surface area contributed by atoms with E-state index in [1.807, 2.05) is 24.3 Å². The highest BCUT2D eigenvalue weighted by atomic mass is 32.2. The van der Waals surface area contributed by atoms with E-state index in [1.165, 1.54) is 5.56 Å². The van der Waals surface area contributed by atoms with Gasteiger partial charge < -0.3 is 4.74 Å². The zero-order valence-electron chi connectivity index (χ0n) is 9.93. The molecular formula is C12H18O4S. The van der Waals surface area contributed by atoms with E-state index < -0.39 is 10.1 Å². The zero-order chi connectivity index (χ0) is 12.7. The first kappa shape index (κ1) is 14.0. The molecule has 0 spiro atoms. The Morgan fingerprint density at radius 1 is 1.24 bits per heavy atom. The van der Waals surface area contributed by atoms with Crippen LogP contribution >= 0.6 is 0 Å². The second-order valence-corrected chi connectivity index (χ2v) is 5.45. The number of ether oxygens (including phenoxy) is 1. The van der Waals surface area contributed by atoms with Gasteiger partial charge in [0.2, 0.25) is 0 Å². The van der Waals surface area contributed by atoms with Crippen molar-refractivity contribution in [1.29, 1.82) is 0 Å². The summed E-state index contributed by atoms with van der Waals surface area (Å²) in [7, 11) is -3.94. The summed E-state index contributed by atoms with van der Waals surface area (Å²) in [5, 5.41) is 0. The average molecular weight is 258 g/mol. The van der Waals surface area contributed by atoms with Gasteiger partial charge in [-0.1, -0.05) is 25.5 Å². The fourth-order valence-corrected chi connectivity index (χ4v) is 1.69. The summed E-state index contributed by atoms with van der Waals surface area (Å²) >= 11 is 0. The van der Waals surface area contributed by atoms with Crippen LogP contribution in [0.25, 0.3) is 0 Å². The molecule has 0 aliphatic rings. The van der Waals surface area contributed by atoms with E-state index in [1.54, 1.807) is 0 Å². The molecule has 4 nitrogen and oxygen atoms in total. The van der Waals surface area contributed by atoms with Gasteiger partial charge in [-0.15, -0.1) is 0 Å². The molecule has 96 valence electrons. The van der Waals surface area contributed by atoms with Crippen LogP contribution in [0.15, 0.2) is 24.3 Å². The molecule has 0 atom stereocenters. The molecular weight excluding hydrogens is 240 g/mol. The van der Waals surface area contributed by atoms with Crippen molar-refractivity contribution in [2.75, 3.05) is 12.4 Å². The van der Waals surface area contributed by atoms with Crippen molar-refractivity contribution in [3.63, 3.8) is 0 Å². The summed E-state index contributed by atoms with van der Waals surface area (Å²) in [5.74, 6) is 0.235. The second kappa shape index (κ2) is 6.61. The summed E-state index contributed by atoms with van der Waals surface area (Å²) in [6.07, 6.45) is 3.36. The van der Waals surface area contributed by atoms with Crippen LogP contribution in [-0.4, -0.2) is 25.3 Å². The van der Waals surface area contributed by atoms with E-state index in [0.717, 1.165) is 19.3 Å². The first-order chi connectivity index (χ1) is 8.01. The van der Waals surface area contributed by atoms with Gasteiger partial charge in [0.25, 0.3) is 10.1 Å². The molecule has 0 radical (unpaired) electrons. The highest BCUT2D eigenvalue weighted by Crippen LogP contribution is 2.13. The molecule has 1 N–H and O–H groups in total. The maximum absolute atomic E-state index is 10.5. The molecule has 0 aliphatic carbocycles. The lowest BCUT2D eigenvalue weighted by Gasteiger charge is -2.06. The number of rotatable bonds is 7. The minimum atomic E-state index is -3.94. The normalized spacial score (nSPS) is 11.4. The molecule has 0 aliphatic heterocycles. The Hall–Kier alpha value is -1.07. The van der Waals surface area contributed by atoms with Gasteiger partial charge in [-0.05, 0) is 30.5 Å². The average Bonchev–Trinajstić information content (AvgIpc) is 2.26. The monoisotopic (exact) mass is 258 g/mol. The summed E-state index contributed by atoms with van der Waals surface area (Å²) < 4.78 is 34.7. The standard InChI is InChI=1S/C12H18O4S/c1-2-3-4-11-5-7-12(8-6-11)16-9-10-17(13,14)15/h5-8H,2-4,9-10H2,1H3,(H,13,14,15). The van der Waals surface area contributed by atoms with Crippen molar-refractivity contribution < 1.29 is 17.7 Å². The number of benzene rings is 1. The molecule has 5 heteroatoms. The molecule has 0 fully saturated rings. The SMILES string of the molecule is CCCCc1ccc(OCCS(=O)(=O)O)cc1. The molecule has 0 saturated carbocycles. The number of hydrogen-bond donors (Lipinski definition) is 1. The van der Waals surface area contributed by atoms with Gasteiger partial charge in [-0.3, -0.25) is 4.55 Å². The zero-order valence-corrected chi connectivity index (χ0v) is 10.7. The third-order valence-corrected chi connectivity index (χ3v) is 3.03. The lowest BCUT2D eigenvalue weighted by molar-refractivity contribution is 0.336. The Kier molecular flexibility index (Phi) is 5.44. The van der Waals surface area contributed by atoms with Crippen LogP contribution in [0.1, 0.15) is 25.3 Å². The molecule has 17 heavy (non-hydrogen) atoms. The lowest BCUT2D eigenvalue weighted by Crippen LogP contribution is -2.12. The lowest BCUT2D eigenvalue weighted by atomic mass is 10.1. The molecule has 0 saturated heterocycles. The maximum atomic E-state index is 10.5. The first-order valence-corrected chi connectivity index (χ1v) is 7.29. The molecule has 0 amide bonds. The Morgan fingerprint density at radius 3 is 2.41 bits per heavy atom. The topological polar surface area (TPSA) is 63.6 Å². The van der Waals surface area contributed by atoms with Crippen molar-refractivity contribution >= 4 is 10.1 Å². The summed E-state index contributed by atoms with van der Waals surface area (Å²) in [6, 6.07) is 7.57. The molecule has 0 aromatic heterocycles. The fraction of sp³-hybridized carbons (Fsp3) is 0.500. The second-order valence-electron chi connectivity index (χ2n) is 3.88. The van der Waals surface area contributed by atoms with Crippen LogP contribution in [-0.2, 0) is 16.5 Å². The number of unbranched alkanes of at least 4 members (excludes halogenated alkanes) is 1. The minimum absolute atomic E-state index is 0.0346. The fourth-order valence-electron chi connectivity index (χ4n) is 1.40. The van der Waals surface area contributed by atoms with E-state index in [2.05, 4.69) is 6.92 Å². The summed E-state index contributed by atoms with van der Waals surface area (Å²) in [5.41, 5.74) is 1.24. The molecule has 0 heterocycles. The largest absolute Gasteiger partial charge is 0.492 e. The third-order valence-electron chi connectivity index (χ3n) is 2.35. The minimum Gasteiger partial charge on any atom is -0.492 e. The molecule has 0 unspecified atom stereocenters. The van der Waals surface area contributed by atoms with E-state index in [-0.39, 0.29) is 12.4 Å². The predicted octanol–water partition coefficient (Wildman–Crippen LogP) is 2.30. The van der Waals surface area contributed by atoms with Crippen LogP contribution in [0.4, 0.5) is 0 Å². The van der Waals surface area contributed by atoms with Crippen LogP contribution in [0.5, 0.6) is 5.75 Å². The van der Waals surface area contributed by atoms with Crippen molar-refractivity contribution in [2.45, 2.75) is 26.2 Å². The van der Waals surface area contributed by atoms with E-state index in [4.69, 9.17) is 9.29 Å². The van der Waals surface area contributed by atoms with E-state index in [9.17, 15) is 8.42 Å².